The minimum absolute atomic E-state index is 0.116. The van der Waals surface area contributed by atoms with Gasteiger partial charge in [0.1, 0.15) is 5.82 Å². The molecule has 0 unspecified atom stereocenters. The Balaban J connectivity index is 1.85. The molecule has 4 rings (SSSR count). The van der Waals surface area contributed by atoms with Crippen LogP contribution in [-0.4, -0.2) is 26.0 Å². The van der Waals surface area contributed by atoms with E-state index in [2.05, 4.69) is 15.0 Å². The molecule has 2 heterocycles. The van der Waals surface area contributed by atoms with Crippen molar-refractivity contribution >= 4 is 39.5 Å². The highest BCUT2D eigenvalue weighted by atomic mass is 16.4. The van der Waals surface area contributed by atoms with Crippen molar-refractivity contribution in [3.63, 3.8) is 0 Å². The number of carboxylic acids is 1. The fourth-order valence-electron chi connectivity index (χ4n) is 3.23. The first-order valence-electron chi connectivity index (χ1n) is 8.16. The van der Waals surface area contributed by atoms with Gasteiger partial charge in [-0.3, -0.25) is 9.78 Å². The average molecular weight is 347 g/mol. The second kappa shape index (κ2) is 6.03. The number of nitrogens with zero attached hydrogens (tertiary/aromatic N) is 2. The molecule has 0 fully saturated rings. The first kappa shape index (κ1) is 15.9. The molecule has 130 valence electrons. The van der Waals surface area contributed by atoms with Crippen LogP contribution < -0.4 is 11.5 Å². The normalized spacial score (nSPS) is 11.2. The summed E-state index contributed by atoms with van der Waals surface area (Å²) >= 11 is 0. The molecule has 2 aromatic heterocycles. The number of nitrogens with two attached hydrogens (primary N) is 2. The highest BCUT2D eigenvalue weighted by molar-refractivity contribution is 6.15. The summed E-state index contributed by atoms with van der Waals surface area (Å²) in [6.07, 6.45) is 2.36. The molecule has 6 N–H and O–H groups in total. The molecule has 7 heteroatoms. The third-order valence-corrected chi connectivity index (χ3v) is 4.43. The lowest BCUT2D eigenvalue weighted by Crippen LogP contribution is -2.01. The molecule has 2 aromatic carbocycles. The molecular weight excluding hydrogens is 330 g/mol. The molecule has 0 radical (unpaired) electrons. The van der Waals surface area contributed by atoms with Crippen molar-refractivity contribution in [1.29, 1.82) is 0 Å². The minimum Gasteiger partial charge on any atom is -0.481 e. The van der Waals surface area contributed by atoms with Gasteiger partial charge in [0.25, 0.3) is 0 Å². The molecule has 0 aliphatic heterocycles. The van der Waals surface area contributed by atoms with Crippen molar-refractivity contribution in [2.75, 3.05) is 11.5 Å². The summed E-state index contributed by atoms with van der Waals surface area (Å²) in [7, 11) is 0. The smallest absolute Gasteiger partial charge is 0.303 e. The summed E-state index contributed by atoms with van der Waals surface area (Å²) in [6.45, 7) is 0. The lowest BCUT2D eigenvalue weighted by atomic mass is 9.98. The van der Waals surface area contributed by atoms with Gasteiger partial charge in [0.05, 0.1) is 11.0 Å². The zero-order valence-electron chi connectivity index (χ0n) is 13.9. The lowest BCUT2D eigenvalue weighted by Gasteiger charge is -2.10. The number of rotatable bonds is 4. The first-order chi connectivity index (χ1) is 12.5. The molecule has 7 nitrogen and oxygen atoms in total. The molecule has 0 atom stereocenters. The van der Waals surface area contributed by atoms with E-state index >= 15 is 0 Å². The van der Waals surface area contributed by atoms with Gasteiger partial charge in [-0.2, -0.15) is 4.98 Å². The van der Waals surface area contributed by atoms with Crippen LogP contribution in [0.25, 0.3) is 32.9 Å². The second-order valence-electron chi connectivity index (χ2n) is 6.15. The number of aryl methyl sites for hydroxylation is 1. The maximum absolute atomic E-state index is 10.7. The van der Waals surface area contributed by atoms with E-state index in [0.717, 1.165) is 38.5 Å². The van der Waals surface area contributed by atoms with Crippen LogP contribution in [0.1, 0.15) is 12.0 Å². The Morgan fingerprint density at radius 2 is 1.92 bits per heavy atom. The number of hydrogen-bond acceptors (Lipinski definition) is 5. The maximum atomic E-state index is 10.7. The SMILES string of the molecule is Nc1nc(N)c2c(cc(-c3ccc(CCC(=O)O)cc3)c3nccc32)[nH]1. The van der Waals surface area contributed by atoms with E-state index in [1.807, 2.05) is 36.4 Å². The van der Waals surface area contributed by atoms with Gasteiger partial charge in [0.2, 0.25) is 0 Å². The van der Waals surface area contributed by atoms with Crippen LogP contribution in [0.15, 0.2) is 42.6 Å². The number of H-pyrrole nitrogens is 1. The van der Waals surface area contributed by atoms with E-state index < -0.39 is 5.97 Å². The number of benzene rings is 2. The van der Waals surface area contributed by atoms with Crippen LogP contribution in [-0.2, 0) is 11.2 Å². The van der Waals surface area contributed by atoms with E-state index in [1.165, 1.54) is 0 Å². The number of fused-ring (bicyclic) bond motifs is 3. The topological polar surface area (TPSA) is 131 Å². The molecule has 26 heavy (non-hydrogen) atoms. The van der Waals surface area contributed by atoms with Crippen LogP contribution in [0.2, 0.25) is 0 Å². The van der Waals surface area contributed by atoms with Crippen molar-refractivity contribution in [2.24, 2.45) is 0 Å². The van der Waals surface area contributed by atoms with Gasteiger partial charge in [0.15, 0.2) is 5.95 Å². The monoisotopic (exact) mass is 347 g/mol. The van der Waals surface area contributed by atoms with Crippen LogP contribution in [0.5, 0.6) is 0 Å². The quantitative estimate of drug-likeness (QED) is 0.449. The molecular formula is C19H17N5O2. The fraction of sp³-hybridized carbons (Fsp3) is 0.105. The summed E-state index contributed by atoms with van der Waals surface area (Å²) in [6, 6.07) is 11.7. The van der Waals surface area contributed by atoms with Crippen LogP contribution in [0, 0.1) is 0 Å². The Morgan fingerprint density at radius 3 is 2.65 bits per heavy atom. The van der Waals surface area contributed by atoms with Gasteiger partial charge in [-0.15, -0.1) is 0 Å². The van der Waals surface area contributed by atoms with Crippen molar-refractivity contribution in [3.05, 3.63) is 48.2 Å². The van der Waals surface area contributed by atoms with Gasteiger partial charge in [0, 0.05) is 29.0 Å². The molecule has 0 aliphatic rings. The average Bonchev–Trinajstić information content (AvgIpc) is 3.08. The summed E-state index contributed by atoms with van der Waals surface area (Å²) < 4.78 is 0. The summed E-state index contributed by atoms with van der Waals surface area (Å²) in [5.74, 6) is -0.181. The van der Waals surface area contributed by atoms with Crippen LogP contribution >= 0.6 is 0 Å². The molecule has 0 aliphatic carbocycles. The van der Waals surface area contributed by atoms with Gasteiger partial charge < -0.3 is 21.6 Å². The molecule has 0 saturated carbocycles. The number of carboxylic acid groups (broad SMARTS) is 1. The number of nitrogens with one attached hydrogen (secondary N) is 1. The predicted molar refractivity (Wildman–Crippen MR) is 102 cm³/mol. The van der Waals surface area contributed by atoms with Crippen LogP contribution in [0.4, 0.5) is 11.8 Å². The minimum atomic E-state index is -0.800. The molecule has 0 bridgehead atoms. The fourth-order valence-corrected chi connectivity index (χ4v) is 3.23. The predicted octanol–water partition coefficient (Wildman–Crippen LogP) is 2.96. The Kier molecular flexibility index (Phi) is 3.69. The number of aromatic amines is 1. The van der Waals surface area contributed by atoms with E-state index in [-0.39, 0.29) is 12.4 Å². The highest BCUT2D eigenvalue weighted by Gasteiger charge is 2.14. The number of hydrogen-bond donors (Lipinski definition) is 4. The lowest BCUT2D eigenvalue weighted by molar-refractivity contribution is -0.136. The zero-order valence-corrected chi connectivity index (χ0v) is 13.9. The van der Waals surface area contributed by atoms with Crippen LogP contribution in [0.3, 0.4) is 0 Å². The Hall–Kier alpha value is -3.61. The Labute approximate surface area is 148 Å². The second-order valence-corrected chi connectivity index (χ2v) is 6.15. The molecule has 0 amide bonds. The van der Waals surface area contributed by atoms with Crippen molar-refractivity contribution in [2.45, 2.75) is 12.8 Å². The van der Waals surface area contributed by atoms with E-state index in [1.54, 1.807) is 6.20 Å². The highest BCUT2D eigenvalue weighted by Crippen LogP contribution is 2.35. The maximum Gasteiger partial charge on any atom is 0.303 e. The number of nitrogen functional groups attached to an aromatic ring is 2. The molecule has 0 spiro atoms. The number of aliphatic carboxylic acids is 1. The first-order valence-corrected chi connectivity index (χ1v) is 8.16. The number of anilines is 2. The summed E-state index contributed by atoms with van der Waals surface area (Å²) in [5, 5.41) is 10.5. The molecule has 4 aromatic rings. The van der Waals surface area contributed by atoms with Crippen molar-refractivity contribution < 1.29 is 9.90 Å². The number of aromatic nitrogens is 3. The summed E-state index contributed by atoms with van der Waals surface area (Å²) in [4.78, 5) is 22.4. The van der Waals surface area contributed by atoms with E-state index in [4.69, 9.17) is 16.6 Å². The number of carbonyl (C=O) groups is 1. The molecule has 0 saturated heterocycles. The Bertz CT molecular complexity index is 1130. The van der Waals surface area contributed by atoms with E-state index in [0.29, 0.717) is 12.2 Å². The Morgan fingerprint density at radius 1 is 1.15 bits per heavy atom. The van der Waals surface area contributed by atoms with Gasteiger partial charge in [-0.1, -0.05) is 24.3 Å². The third kappa shape index (κ3) is 2.69. The summed E-state index contributed by atoms with van der Waals surface area (Å²) in [5.41, 5.74) is 16.4. The standard InChI is InChI=1S/C19H17N5O2/c20-18-16-12-7-8-22-17(12)13(9-14(16)23-19(21)24-18)11-4-1-10(2-5-11)3-6-15(25)26/h1-2,4-5,7-9H,3,6,20H2,(H,25,26)(H3,21,23,24). The largest absolute Gasteiger partial charge is 0.481 e. The van der Waals surface area contributed by atoms with Gasteiger partial charge in [-0.25, -0.2) is 0 Å². The van der Waals surface area contributed by atoms with Crippen molar-refractivity contribution in [3.8, 4) is 11.1 Å². The van der Waals surface area contributed by atoms with Crippen molar-refractivity contribution in [1.82, 2.24) is 15.0 Å². The van der Waals surface area contributed by atoms with E-state index in [9.17, 15) is 4.79 Å². The zero-order chi connectivity index (χ0) is 18.3. The van der Waals surface area contributed by atoms with Gasteiger partial charge >= 0.3 is 5.97 Å². The third-order valence-electron chi connectivity index (χ3n) is 4.43. The van der Waals surface area contributed by atoms with Gasteiger partial charge in [-0.05, 0) is 29.7 Å².